The Morgan fingerprint density at radius 1 is 1.16 bits per heavy atom. The number of hydrogen-bond donors (Lipinski definition) is 0. The van der Waals surface area contributed by atoms with Crippen molar-refractivity contribution in [3.63, 3.8) is 0 Å². The molecule has 1 unspecified atom stereocenters. The molecule has 1 aromatic carbocycles. The number of benzene rings is 1. The summed E-state index contributed by atoms with van der Waals surface area (Å²) >= 11 is 0. The number of carbonyl (C=O) groups is 1. The number of amides is 1. The van der Waals surface area contributed by atoms with Crippen molar-refractivity contribution in [3.8, 4) is 0 Å². The molecule has 5 nitrogen and oxygen atoms in total. The molecule has 0 bridgehead atoms. The maximum absolute atomic E-state index is 12.9. The molecule has 0 spiro atoms. The lowest BCUT2D eigenvalue weighted by atomic mass is 10.1. The number of aromatic nitrogens is 3. The van der Waals surface area contributed by atoms with Gasteiger partial charge in [-0.1, -0.05) is 68.7 Å². The van der Waals surface area contributed by atoms with Crippen LogP contribution in [0, 0.1) is 0 Å². The van der Waals surface area contributed by atoms with E-state index in [-0.39, 0.29) is 11.9 Å². The number of carbonyl (C=O) groups excluding carboxylic acids is 1. The largest absolute Gasteiger partial charge is 0.335 e. The first kappa shape index (κ1) is 19.2. The van der Waals surface area contributed by atoms with Gasteiger partial charge >= 0.3 is 0 Å². The molecule has 1 aromatic heterocycles. The average Bonchev–Trinajstić information content (AvgIpc) is 3.08. The lowest BCUT2D eigenvalue weighted by molar-refractivity contribution is 0.0673. The molecule has 0 saturated heterocycles. The maximum Gasteiger partial charge on any atom is 0.276 e. The summed E-state index contributed by atoms with van der Waals surface area (Å²) in [5.41, 5.74) is 1.58. The van der Waals surface area contributed by atoms with Crippen molar-refractivity contribution in [2.24, 2.45) is 0 Å². The highest BCUT2D eigenvalue weighted by atomic mass is 16.2. The molecule has 1 amide bonds. The van der Waals surface area contributed by atoms with E-state index in [1.165, 1.54) is 0 Å². The molecular weight excluding hydrogens is 312 g/mol. The van der Waals surface area contributed by atoms with Crippen LogP contribution < -0.4 is 0 Å². The van der Waals surface area contributed by atoms with Gasteiger partial charge in [0, 0.05) is 12.6 Å². The fraction of sp³-hybridized carbons (Fsp3) is 0.550. The van der Waals surface area contributed by atoms with Crippen molar-refractivity contribution in [2.45, 2.75) is 65.5 Å². The van der Waals surface area contributed by atoms with E-state index >= 15 is 0 Å². The lowest BCUT2D eigenvalue weighted by Crippen LogP contribution is -2.39. The van der Waals surface area contributed by atoms with Crippen LogP contribution in [-0.2, 0) is 6.54 Å². The first-order valence-electron chi connectivity index (χ1n) is 9.40. The third kappa shape index (κ3) is 5.69. The van der Waals surface area contributed by atoms with E-state index in [0.717, 1.165) is 44.2 Å². The average molecular weight is 342 g/mol. The summed E-state index contributed by atoms with van der Waals surface area (Å²) in [5.74, 6) is -0.00337. The van der Waals surface area contributed by atoms with Gasteiger partial charge in [-0.15, -0.1) is 5.10 Å². The number of rotatable bonds is 10. The molecule has 1 heterocycles. The van der Waals surface area contributed by atoms with Crippen molar-refractivity contribution in [2.75, 3.05) is 6.54 Å². The van der Waals surface area contributed by atoms with E-state index in [9.17, 15) is 4.79 Å². The zero-order valence-electron chi connectivity index (χ0n) is 15.7. The smallest absolute Gasteiger partial charge is 0.276 e. The molecule has 2 aromatic rings. The summed E-state index contributed by atoms with van der Waals surface area (Å²) in [6.07, 6.45) is 7.17. The zero-order valence-corrected chi connectivity index (χ0v) is 15.7. The minimum Gasteiger partial charge on any atom is -0.335 e. The fourth-order valence-corrected chi connectivity index (χ4v) is 3.02. The molecule has 0 N–H and O–H groups in total. The van der Waals surface area contributed by atoms with Crippen molar-refractivity contribution in [1.29, 1.82) is 0 Å². The third-order valence-corrected chi connectivity index (χ3v) is 4.45. The predicted octanol–water partition coefficient (Wildman–Crippen LogP) is 4.15. The Hall–Kier alpha value is -2.17. The third-order valence-electron chi connectivity index (χ3n) is 4.45. The maximum atomic E-state index is 12.9. The van der Waals surface area contributed by atoms with Crippen LogP contribution in [0.3, 0.4) is 0 Å². The van der Waals surface area contributed by atoms with E-state index in [1.807, 2.05) is 35.2 Å². The van der Waals surface area contributed by atoms with Gasteiger partial charge in [-0.3, -0.25) is 4.79 Å². The first-order chi connectivity index (χ1) is 12.2. The van der Waals surface area contributed by atoms with Gasteiger partial charge in [0.05, 0.1) is 12.7 Å². The predicted molar refractivity (Wildman–Crippen MR) is 100 cm³/mol. The van der Waals surface area contributed by atoms with Gasteiger partial charge in [0.2, 0.25) is 0 Å². The van der Waals surface area contributed by atoms with Crippen LogP contribution in [0.1, 0.15) is 68.9 Å². The summed E-state index contributed by atoms with van der Waals surface area (Å²) < 4.78 is 1.73. The topological polar surface area (TPSA) is 51.0 Å². The summed E-state index contributed by atoms with van der Waals surface area (Å²) in [7, 11) is 0. The Labute approximate surface area is 151 Å². The lowest BCUT2D eigenvalue weighted by Gasteiger charge is -2.28. The second-order valence-corrected chi connectivity index (χ2v) is 6.63. The van der Waals surface area contributed by atoms with E-state index in [0.29, 0.717) is 12.2 Å². The molecule has 0 aliphatic carbocycles. The molecule has 0 aliphatic rings. The normalized spacial score (nSPS) is 12.1. The Bertz CT molecular complexity index is 638. The van der Waals surface area contributed by atoms with Gasteiger partial charge in [0.15, 0.2) is 5.69 Å². The van der Waals surface area contributed by atoms with Crippen LogP contribution in [0.2, 0.25) is 0 Å². The molecule has 0 saturated carbocycles. The van der Waals surface area contributed by atoms with Crippen molar-refractivity contribution >= 4 is 5.91 Å². The fourth-order valence-electron chi connectivity index (χ4n) is 3.02. The van der Waals surface area contributed by atoms with E-state index in [4.69, 9.17) is 0 Å². The van der Waals surface area contributed by atoms with E-state index in [1.54, 1.807) is 10.9 Å². The van der Waals surface area contributed by atoms with Crippen LogP contribution in [0.25, 0.3) is 0 Å². The van der Waals surface area contributed by atoms with Crippen LogP contribution in [0.5, 0.6) is 0 Å². The Kier molecular flexibility index (Phi) is 7.64. The standard InChI is InChI=1S/C20H30N4O/c1-4-6-10-14-24(17(3)11-5-2)20(25)19-16-23(22-21-19)15-18-12-8-7-9-13-18/h7-9,12-13,16-17H,4-6,10-11,14-15H2,1-3H3. The first-order valence-corrected chi connectivity index (χ1v) is 9.40. The summed E-state index contributed by atoms with van der Waals surface area (Å²) in [5, 5.41) is 8.26. The van der Waals surface area contributed by atoms with Gasteiger partial charge in [0.25, 0.3) is 5.91 Å². The molecular formula is C20H30N4O. The highest BCUT2D eigenvalue weighted by Crippen LogP contribution is 2.13. The Balaban J connectivity index is 2.07. The van der Waals surface area contributed by atoms with Crippen molar-refractivity contribution < 1.29 is 4.79 Å². The zero-order chi connectivity index (χ0) is 18.1. The van der Waals surface area contributed by atoms with Crippen LogP contribution in [-0.4, -0.2) is 38.4 Å². The second kappa shape index (κ2) is 9.97. The highest BCUT2D eigenvalue weighted by molar-refractivity contribution is 5.92. The molecule has 25 heavy (non-hydrogen) atoms. The van der Waals surface area contributed by atoms with Crippen LogP contribution >= 0.6 is 0 Å². The van der Waals surface area contributed by atoms with Crippen molar-refractivity contribution in [1.82, 2.24) is 19.9 Å². The monoisotopic (exact) mass is 342 g/mol. The molecule has 136 valence electrons. The van der Waals surface area contributed by atoms with E-state index in [2.05, 4.69) is 31.1 Å². The van der Waals surface area contributed by atoms with Crippen molar-refractivity contribution in [3.05, 3.63) is 47.8 Å². The van der Waals surface area contributed by atoms with E-state index < -0.39 is 0 Å². The molecule has 0 aliphatic heterocycles. The number of unbranched alkanes of at least 4 members (excludes halogenated alkanes) is 2. The summed E-state index contributed by atoms with van der Waals surface area (Å²) in [6.45, 7) is 7.88. The Morgan fingerprint density at radius 2 is 1.92 bits per heavy atom. The van der Waals surface area contributed by atoms with Crippen LogP contribution in [0.15, 0.2) is 36.5 Å². The van der Waals surface area contributed by atoms with Gasteiger partial charge in [0.1, 0.15) is 0 Å². The number of hydrogen-bond acceptors (Lipinski definition) is 3. The molecule has 2 rings (SSSR count). The number of nitrogens with zero attached hydrogens (tertiary/aromatic N) is 4. The summed E-state index contributed by atoms with van der Waals surface area (Å²) in [6, 6.07) is 10.3. The summed E-state index contributed by atoms with van der Waals surface area (Å²) in [4.78, 5) is 14.9. The quantitative estimate of drug-likeness (QED) is 0.610. The van der Waals surface area contributed by atoms with Gasteiger partial charge < -0.3 is 4.90 Å². The second-order valence-electron chi connectivity index (χ2n) is 6.63. The van der Waals surface area contributed by atoms with Crippen LogP contribution in [0.4, 0.5) is 0 Å². The van der Waals surface area contributed by atoms with Gasteiger partial charge in [-0.25, -0.2) is 4.68 Å². The van der Waals surface area contributed by atoms with Gasteiger partial charge in [-0.2, -0.15) is 0 Å². The molecule has 0 radical (unpaired) electrons. The molecule has 1 atom stereocenters. The van der Waals surface area contributed by atoms with Gasteiger partial charge in [-0.05, 0) is 25.3 Å². The minimum atomic E-state index is -0.00337. The molecule has 5 heteroatoms. The minimum absolute atomic E-state index is 0.00337. The SMILES string of the molecule is CCCCCN(C(=O)c1cn(Cc2ccccc2)nn1)C(C)CCC. The highest BCUT2D eigenvalue weighted by Gasteiger charge is 2.23. The Morgan fingerprint density at radius 3 is 2.60 bits per heavy atom. The molecule has 0 fully saturated rings.